The molecule has 0 aliphatic rings. The first-order chi connectivity index (χ1) is 10.0. The van der Waals surface area contributed by atoms with Gasteiger partial charge in [-0.25, -0.2) is 4.68 Å². The molecule has 5 nitrogen and oxygen atoms in total. The molecular formula is C15H18BrN3O2. The van der Waals surface area contributed by atoms with Gasteiger partial charge in [0.2, 0.25) is 0 Å². The molecule has 0 saturated heterocycles. The van der Waals surface area contributed by atoms with Gasteiger partial charge in [-0.15, -0.1) is 0 Å². The van der Waals surface area contributed by atoms with Gasteiger partial charge in [0, 0.05) is 29.7 Å². The molecule has 0 radical (unpaired) electrons. The molecule has 21 heavy (non-hydrogen) atoms. The molecule has 0 unspecified atom stereocenters. The van der Waals surface area contributed by atoms with Crippen LogP contribution in [0.25, 0.3) is 0 Å². The summed E-state index contributed by atoms with van der Waals surface area (Å²) in [5.74, 6) is 0.738. The summed E-state index contributed by atoms with van der Waals surface area (Å²) in [6, 6.07) is 7.29. The predicted molar refractivity (Wildman–Crippen MR) is 87.2 cm³/mol. The van der Waals surface area contributed by atoms with Crippen LogP contribution in [0.5, 0.6) is 5.75 Å². The summed E-state index contributed by atoms with van der Waals surface area (Å²) >= 11 is 3.43. The van der Waals surface area contributed by atoms with E-state index in [-0.39, 0.29) is 5.56 Å². The lowest BCUT2D eigenvalue weighted by molar-refractivity contribution is 0.406. The summed E-state index contributed by atoms with van der Waals surface area (Å²) in [7, 11) is 3.54. The number of anilines is 1. The zero-order valence-electron chi connectivity index (χ0n) is 12.3. The zero-order chi connectivity index (χ0) is 15.4. The molecule has 0 spiro atoms. The molecule has 0 fully saturated rings. The molecule has 0 N–H and O–H groups in total. The quantitative estimate of drug-likeness (QED) is 0.830. The second-order valence-corrected chi connectivity index (χ2v) is 5.60. The van der Waals surface area contributed by atoms with Crippen LogP contribution in [0.4, 0.5) is 5.69 Å². The molecule has 112 valence electrons. The lowest BCUT2D eigenvalue weighted by atomic mass is 10.2. The molecule has 1 aromatic heterocycles. The largest absolute Gasteiger partial charge is 0.496 e. The average molecular weight is 352 g/mol. The van der Waals surface area contributed by atoms with E-state index in [9.17, 15) is 4.79 Å². The molecule has 0 aliphatic carbocycles. The van der Waals surface area contributed by atoms with Crippen molar-refractivity contribution in [3.8, 4) is 5.75 Å². The molecule has 0 aliphatic heterocycles. The van der Waals surface area contributed by atoms with Gasteiger partial charge in [0.1, 0.15) is 5.75 Å². The maximum Gasteiger partial charge on any atom is 0.269 e. The Bertz CT molecular complexity index is 685. The molecule has 0 bridgehead atoms. The highest BCUT2D eigenvalue weighted by Gasteiger charge is 2.08. The first-order valence-electron chi connectivity index (χ1n) is 6.66. The van der Waals surface area contributed by atoms with Crippen LogP contribution in [0, 0.1) is 0 Å². The first-order valence-corrected chi connectivity index (χ1v) is 7.45. The fourth-order valence-corrected chi connectivity index (χ4v) is 2.37. The monoisotopic (exact) mass is 351 g/mol. The molecule has 1 aromatic carbocycles. The second kappa shape index (κ2) is 6.76. The van der Waals surface area contributed by atoms with Crippen molar-refractivity contribution in [2.75, 3.05) is 25.6 Å². The molecule has 0 atom stereocenters. The van der Waals surface area contributed by atoms with Crippen LogP contribution in [-0.4, -0.2) is 30.5 Å². The summed E-state index contributed by atoms with van der Waals surface area (Å²) < 4.78 is 7.69. The van der Waals surface area contributed by atoms with Gasteiger partial charge in [0.15, 0.2) is 0 Å². The van der Waals surface area contributed by atoms with Crippen LogP contribution in [0.1, 0.15) is 12.5 Å². The molecule has 0 saturated carbocycles. The summed E-state index contributed by atoms with van der Waals surface area (Å²) in [5, 5.41) is 4.24. The fourth-order valence-electron chi connectivity index (χ4n) is 1.97. The van der Waals surface area contributed by atoms with E-state index < -0.39 is 0 Å². The minimum atomic E-state index is -0.130. The lowest BCUT2D eigenvalue weighted by Crippen LogP contribution is -2.26. The highest BCUT2D eigenvalue weighted by Crippen LogP contribution is 2.23. The third-order valence-electron chi connectivity index (χ3n) is 3.33. The Morgan fingerprint density at radius 3 is 2.76 bits per heavy atom. The van der Waals surface area contributed by atoms with E-state index in [0.29, 0.717) is 6.54 Å². The van der Waals surface area contributed by atoms with Gasteiger partial charge in [-0.1, -0.05) is 15.9 Å². The standard InChI is InChI=1S/C15H18BrN3O2/c1-4-18(2)13-8-15(20)19(17-9-13)10-11-7-12(16)5-6-14(11)21-3/h5-9H,4,10H2,1-3H3. The van der Waals surface area contributed by atoms with E-state index in [1.807, 2.05) is 37.1 Å². The van der Waals surface area contributed by atoms with E-state index in [0.717, 1.165) is 28.0 Å². The number of methoxy groups -OCH3 is 1. The van der Waals surface area contributed by atoms with E-state index in [4.69, 9.17) is 4.74 Å². The zero-order valence-corrected chi connectivity index (χ0v) is 13.9. The molecule has 1 heterocycles. The van der Waals surface area contributed by atoms with Gasteiger partial charge >= 0.3 is 0 Å². The number of hydrogen-bond acceptors (Lipinski definition) is 4. The van der Waals surface area contributed by atoms with Crippen LogP contribution in [0.2, 0.25) is 0 Å². The van der Waals surface area contributed by atoms with Crippen molar-refractivity contribution in [3.63, 3.8) is 0 Å². The highest BCUT2D eigenvalue weighted by atomic mass is 79.9. The number of ether oxygens (including phenoxy) is 1. The molecule has 2 rings (SSSR count). The van der Waals surface area contributed by atoms with Crippen LogP contribution in [0.3, 0.4) is 0 Å². The molecule has 2 aromatic rings. The third-order valence-corrected chi connectivity index (χ3v) is 3.83. The third kappa shape index (κ3) is 3.64. The van der Waals surface area contributed by atoms with Gasteiger partial charge < -0.3 is 9.64 Å². The van der Waals surface area contributed by atoms with Crippen LogP contribution < -0.4 is 15.2 Å². The van der Waals surface area contributed by atoms with Crippen molar-refractivity contribution in [2.24, 2.45) is 0 Å². The van der Waals surface area contributed by atoms with Crippen LogP contribution in [0.15, 0.2) is 39.7 Å². The highest BCUT2D eigenvalue weighted by molar-refractivity contribution is 9.10. The number of hydrogen-bond donors (Lipinski definition) is 0. The maximum absolute atomic E-state index is 12.2. The van der Waals surface area contributed by atoms with Crippen molar-refractivity contribution in [2.45, 2.75) is 13.5 Å². The lowest BCUT2D eigenvalue weighted by Gasteiger charge is -2.16. The van der Waals surface area contributed by atoms with E-state index in [1.54, 1.807) is 19.4 Å². The van der Waals surface area contributed by atoms with E-state index >= 15 is 0 Å². The number of halogens is 1. The second-order valence-electron chi connectivity index (χ2n) is 4.68. The molecular weight excluding hydrogens is 334 g/mol. The Hall–Kier alpha value is -1.82. The Morgan fingerprint density at radius 2 is 2.14 bits per heavy atom. The van der Waals surface area contributed by atoms with Crippen molar-refractivity contribution in [1.82, 2.24) is 9.78 Å². The smallest absolute Gasteiger partial charge is 0.269 e. The number of nitrogens with zero attached hydrogens (tertiary/aromatic N) is 3. The normalized spacial score (nSPS) is 10.5. The van der Waals surface area contributed by atoms with Crippen LogP contribution in [-0.2, 0) is 6.54 Å². The summed E-state index contributed by atoms with van der Waals surface area (Å²) in [4.78, 5) is 14.1. The topological polar surface area (TPSA) is 47.4 Å². The van der Waals surface area contributed by atoms with Gasteiger partial charge in [-0.2, -0.15) is 5.10 Å². The Morgan fingerprint density at radius 1 is 1.38 bits per heavy atom. The average Bonchev–Trinajstić information content (AvgIpc) is 2.48. The maximum atomic E-state index is 12.2. The van der Waals surface area contributed by atoms with Gasteiger partial charge in [0.25, 0.3) is 5.56 Å². The first kappa shape index (κ1) is 15.6. The summed E-state index contributed by atoms with van der Waals surface area (Å²) in [5.41, 5.74) is 1.59. The minimum absolute atomic E-state index is 0.130. The number of aromatic nitrogens is 2. The molecule has 0 amide bonds. The van der Waals surface area contributed by atoms with Gasteiger partial charge in [-0.05, 0) is 25.1 Å². The Kier molecular flexibility index (Phi) is 5.01. The fraction of sp³-hybridized carbons (Fsp3) is 0.333. The van der Waals surface area contributed by atoms with Crippen molar-refractivity contribution in [1.29, 1.82) is 0 Å². The summed E-state index contributed by atoms with van der Waals surface area (Å²) in [6.45, 7) is 3.22. The number of benzene rings is 1. The Labute approximate surface area is 132 Å². The predicted octanol–water partition coefficient (Wildman–Crippen LogP) is 2.52. The van der Waals surface area contributed by atoms with E-state index in [1.165, 1.54) is 4.68 Å². The van der Waals surface area contributed by atoms with Gasteiger partial charge in [-0.3, -0.25) is 4.79 Å². The van der Waals surface area contributed by atoms with Crippen molar-refractivity contribution in [3.05, 3.63) is 50.9 Å². The Balaban J connectivity index is 2.32. The summed E-state index contributed by atoms with van der Waals surface area (Å²) in [6.07, 6.45) is 1.70. The van der Waals surface area contributed by atoms with Crippen molar-refractivity contribution >= 4 is 21.6 Å². The van der Waals surface area contributed by atoms with Gasteiger partial charge in [0.05, 0.1) is 25.5 Å². The SMILES string of the molecule is CCN(C)c1cnn(Cc2cc(Br)ccc2OC)c(=O)c1. The van der Waals surface area contributed by atoms with E-state index in [2.05, 4.69) is 21.0 Å². The van der Waals surface area contributed by atoms with Crippen LogP contribution >= 0.6 is 15.9 Å². The molecule has 6 heteroatoms. The van der Waals surface area contributed by atoms with Crippen molar-refractivity contribution < 1.29 is 4.74 Å². The minimum Gasteiger partial charge on any atom is -0.496 e. The number of rotatable bonds is 5.